The lowest BCUT2D eigenvalue weighted by Crippen LogP contribution is -2.20. The Morgan fingerprint density at radius 1 is 1.33 bits per heavy atom. The van der Waals surface area contributed by atoms with Crippen LogP contribution in [-0.4, -0.2) is 18.0 Å². The van der Waals surface area contributed by atoms with Crippen LogP contribution < -0.4 is 0 Å². The summed E-state index contributed by atoms with van der Waals surface area (Å²) in [4.78, 5) is 1.36. The standard InChI is InChI=1S/C13H18OS/c1-3-12-13(10(2)9-14-12)15-11-7-5-4-6-8-11/h4-8,10,12-13H,3,9H2,1-2H3/t10-,12+,13+/m1/s1. The lowest BCUT2D eigenvalue weighted by molar-refractivity contribution is 0.106. The third-order valence-corrected chi connectivity index (χ3v) is 4.50. The molecule has 2 rings (SSSR count). The van der Waals surface area contributed by atoms with Gasteiger partial charge < -0.3 is 4.74 Å². The zero-order chi connectivity index (χ0) is 10.7. The summed E-state index contributed by atoms with van der Waals surface area (Å²) in [6, 6.07) is 10.6. The zero-order valence-corrected chi connectivity index (χ0v) is 10.2. The van der Waals surface area contributed by atoms with Gasteiger partial charge in [-0.2, -0.15) is 0 Å². The fraction of sp³-hybridized carbons (Fsp3) is 0.538. The molecule has 3 atom stereocenters. The van der Waals surface area contributed by atoms with Crippen LogP contribution in [0.4, 0.5) is 0 Å². The molecule has 15 heavy (non-hydrogen) atoms. The Labute approximate surface area is 96.2 Å². The molecule has 0 bridgehead atoms. The van der Waals surface area contributed by atoms with Crippen molar-refractivity contribution in [3.63, 3.8) is 0 Å². The topological polar surface area (TPSA) is 9.23 Å². The Morgan fingerprint density at radius 2 is 2.07 bits per heavy atom. The summed E-state index contributed by atoms with van der Waals surface area (Å²) in [5.41, 5.74) is 0. The van der Waals surface area contributed by atoms with Gasteiger partial charge in [0.25, 0.3) is 0 Å². The van der Waals surface area contributed by atoms with Gasteiger partial charge in [-0.1, -0.05) is 32.0 Å². The lowest BCUT2D eigenvalue weighted by Gasteiger charge is -2.19. The predicted molar refractivity (Wildman–Crippen MR) is 65.3 cm³/mol. The second kappa shape index (κ2) is 5.04. The Kier molecular flexibility index (Phi) is 3.71. The van der Waals surface area contributed by atoms with E-state index in [4.69, 9.17) is 4.74 Å². The maximum atomic E-state index is 5.78. The van der Waals surface area contributed by atoms with Crippen LogP contribution in [0.5, 0.6) is 0 Å². The monoisotopic (exact) mass is 222 g/mol. The fourth-order valence-corrected chi connectivity index (χ4v) is 3.39. The summed E-state index contributed by atoms with van der Waals surface area (Å²) in [5.74, 6) is 0.667. The molecule has 0 aliphatic carbocycles. The molecule has 1 saturated heterocycles. The first-order valence-corrected chi connectivity index (χ1v) is 6.52. The zero-order valence-electron chi connectivity index (χ0n) is 9.35. The predicted octanol–water partition coefficient (Wildman–Crippen LogP) is 3.59. The Hall–Kier alpha value is -0.470. The average Bonchev–Trinajstić information content (AvgIpc) is 2.62. The van der Waals surface area contributed by atoms with E-state index < -0.39 is 0 Å². The SMILES string of the molecule is CC[C@@H]1OC[C@@H](C)[C@@H]1Sc1ccccc1. The van der Waals surface area contributed by atoms with E-state index >= 15 is 0 Å². The van der Waals surface area contributed by atoms with Crippen LogP contribution in [0.3, 0.4) is 0 Å². The van der Waals surface area contributed by atoms with E-state index in [1.165, 1.54) is 4.90 Å². The van der Waals surface area contributed by atoms with Gasteiger partial charge in [-0.25, -0.2) is 0 Å². The number of ether oxygens (including phenoxy) is 1. The van der Waals surface area contributed by atoms with Gasteiger partial charge in [0.1, 0.15) is 0 Å². The van der Waals surface area contributed by atoms with Gasteiger partial charge in [0.15, 0.2) is 0 Å². The van der Waals surface area contributed by atoms with E-state index in [0.717, 1.165) is 13.0 Å². The number of hydrogen-bond acceptors (Lipinski definition) is 2. The molecule has 0 amide bonds. The molecule has 0 aromatic heterocycles. The fourth-order valence-electron chi connectivity index (χ4n) is 2.03. The highest BCUT2D eigenvalue weighted by atomic mass is 32.2. The van der Waals surface area contributed by atoms with Gasteiger partial charge >= 0.3 is 0 Å². The van der Waals surface area contributed by atoms with Crippen LogP contribution in [0.1, 0.15) is 20.3 Å². The van der Waals surface area contributed by atoms with Crippen molar-refractivity contribution in [1.29, 1.82) is 0 Å². The maximum absolute atomic E-state index is 5.78. The molecule has 1 aliphatic heterocycles. The molecule has 1 aliphatic rings. The van der Waals surface area contributed by atoms with E-state index in [0.29, 0.717) is 17.3 Å². The van der Waals surface area contributed by atoms with E-state index in [1.54, 1.807) is 0 Å². The lowest BCUT2D eigenvalue weighted by atomic mass is 10.1. The maximum Gasteiger partial charge on any atom is 0.0698 e. The highest BCUT2D eigenvalue weighted by Gasteiger charge is 2.33. The minimum Gasteiger partial charge on any atom is -0.377 e. The van der Waals surface area contributed by atoms with Gasteiger partial charge in [0.05, 0.1) is 12.7 Å². The van der Waals surface area contributed by atoms with Crippen LogP contribution in [-0.2, 0) is 4.74 Å². The van der Waals surface area contributed by atoms with E-state index in [9.17, 15) is 0 Å². The largest absolute Gasteiger partial charge is 0.377 e. The summed E-state index contributed by atoms with van der Waals surface area (Å²) >= 11 is 1.97. The first-order chi connectivity index (χ1) is 7.31. The highest BCUT2D eigenvalue weighted by molar-refractivity contribution is 8.00. The summed E-state index contributed by atoms with van der Waals surface area (Å²) in [7, 11) is 0. The molecule has 82 valence electrons. The van der Waals surface area contributed by atoms with E-state index in [2.05, 4.69) is 44.2 Å². The van der Waals surface area contributed by atoms with Crippen LogP contribution in [0.25, 0.3) is 0 Å². The molecule has 0 radical (unpaired) electrons. The van der Waals surface area contributed by atoms with Crippen molar-refractivity contribution in [2.45, 2.75) is 36.5 Å². The third-order valence-electron chi connectivity index (χ3n) is 2.92. The molecule has 1 heterocycles. The molecule has 1 fully saturated rings. The summed E-state index contributed by atoms with van der Waals surface area (Å²) < 4.78 is 5.78. The minimum atomic E-state index is 0.435. The number of rotatable bonds is 3. The smallest absolute Gasteiger partial charge is 0.0698 e. The number of hydrogen-bond donors (Lipinski definition) is 0. The first-order valence-electron chi connectivity index (χ1n) is 5.64. The van der Waals surface area contributed by atoms with Crippen LogP contribution >= 0.6 is 11.8 Å². The summed E-state index contributed by atoms with van der Waals surface area (Å²) in [6.45, 7) is 5.42. The van der Waals surface area contributed by atoms with Crippen molar-refractivity contribution in [2.24, 2.45) is 5.92 Å². The average molecular weight is 222 g/mol. The molecular weight excluding hydrogens is 204 g/mol. The number of thioether (sulfide) groups is 1. The van der Waals surface area contributed by atoms with Crippen LogP contribution in [0.15, 0.2) is 35.2 Å². The Bertz CT molecular complexity index is 299. The van der Waals surface area contributed by atoms with Crippen LogP contribution in [0.2, 0.25) is 0 Å². The summed E-state index contributed by atoms with van der Waals surface area (Å²) in [6.07, 6.45) is 1.56. The van der Waals surface area contributed by atoms with Crippen LogP contribution in [0, 0.1) is 5.92 Å². The van der Waals surface area contributed by atoms with Gasteiger partial charge in [0, 0.05) is 10.1 Å². The molecular formula is C13H18OS. The molecule has 0 N–H and O–H groups in total. The Balaban J connectivity index is 2.04. The highest BCUT2D eigenvalue weighted by Crippen LogP contribution is 2.36. The van der Waals surface area contributed by atoms with Crippen molar-refractivity contribution in [3.8, 4) is 0 Å². The van der Waals surface area contributed by atoms with Crippen molar-refractivity contribution >= 4 is 11.8 Å². The van der Waals surface area contributed by atoms with Gasteiger partial charge in [-0.15, -0.1) is 11.8 Å². The van der Waals surface area contributed by atoms with Gasteiger partial charge in [-0.05, 0) is 24.5 Å². The minimum absolute atomic E-state index is 0.435. The molecule has 0 unspecified atom stereocenters. The van der Waals surface area contributed by atoms with E-state index in [1.807, 2.05) is 11.8 Å². The molecule has 2 heteroatoms. The van der Waals surface area contributed by atoms with Crippen molar-refractivity contribution in [3.05, 3.63) is 30.3 Å². The molecule has 1 aromatic carbocycles. The molecule has 0 saturated carbocycles. The van der Waals surface area contributed by atoms with Crippen molar-refractivity contribution < 1.29 is 4.74 Å². The second-order valence-corrected chi connectivity index (χ2v) is 5.40. The first kappa shape index (κ1) is 11.0. The summed E-state index contributed by atoms with van der Waals surface area (Å²) in [5, 5.41) is 0.623. The molecule has 1 nitrogen and oxygen atoms in total. The molecule has 0 spiro atoms. The third kappa shape index (κ3) is 2.56. The van der Waals surface area contributed by atoms with Gasteiger partial charge in [0.2, 0.25) is 0 Å². The number of benzene rings is 1. The van der Waals surface area contributed by atoms with Crippen molar-refractivity contribution in [1.82, 2.24) is 0 Å². The Morgan fingerprint density at radius 3 is 2.73 bits per heavy atom. The van der Waals surface area contributed by atoms with Gasteiger partial charge in [-0.3, -0.25) is 0 Å². The second-order valence-electron chi connectivity index (χ2n) is 4.15. The quantitative estimate of drug-likeness (QED) is 0.773. The van der Waals surface area contributed by atoms with E-state index in [-0.39, 0.29) is 0 Å². The molecule has 1 aromatic rings. The normalized spacial score (nSPS) is 30.7. The van der Waals surface area contributed by atoms with Crippen molar-refractivity contribution in [2.75, 3.05) is 6.61 Å².